The number of fused-ring (bicyclic) bond motifs is 1. The van der Waals surface area contributed by atoms with Crippen LogP contribution >= 0.6 is 11.6 Å². The van der Waals surface area contributed by atoms with Gasteiger partial charge >= 0.3 is 0 Å². The second-order valence-electron chi connectivity index (χ2n) is 7.06. The number of hydrogen-bond acceptors (Lipinski definition) is 5. The second kappa shape index (κ2) is 7.79. The Morgan fingerprint density at radius 2 is 1.59 bits per heavy atom. The average Bonchev–Trinajstić information content (AvgIpc) is 3.04. The molecule has 3 heterocycles. The van der Waals surface area contributed by atoms with E-state index < -0.39 is 0 Å². The van der Waals surface area contributed by atoms with E-state index in [1.54, 1.807) is 21.9 Å². The van der Waals surface area contributed by atoms with E-state index in [4.69, 9.17) is 11.6 Å². The number of carbonyl (C=O) groups excluding carboxylic acids is 4. The van der Waals surface area contributed by atoms with E-state index in [1.807, 2.05) is 18.2 Å². The Morgan fingerprint density at radius 3 is 2.28 bits per heavy atom. The molecule has 2 aliphatic rings. The number of nitrogens with zero attached hydrogens (tertiary/aromatic N) is 4. The minimum Gasteiger partial charge on any atom is -0.338 e. The number of pyridine rings is 1. The van der Waals surface area contributed by atoms with E-state index in [0.29, 0.717) is 37.3 Å². The van der Waals surface area contributed by atoms with Crippen molar-refractivity contribution in [2.75, 3.05) is 32.7 Å². The van der Waals surface area contributed by atoms with Gasteiger partial charge in [0, 0.05) is 44.4 Å². The molecule has 0 spiro atoms. The summed E-state index contributed by atoms with van der Waals surface area (Å²) in [5.74, 6) is -1.06. The number of carbonyl (C=O) groups is 4. The highest BCUT2D eigenvalue weighted by molar-refractivity contribution is 6.30. The Bertz CT molecular complexity index is 1000. The SMILES string of the molecule is O=C(CN1C(=O)CCC1=O)N1CCN(C(=O)c2cc(Cl)nc3ccccc23)CC1. The van der Waals surface area contributed by atoms with Crippen molar-refractivity contribution in [3.05, 3.63) is 41.0 Å². The van der Waals surface area contributed by atoms with Crippen LogP contribution in [0.3, 0.4) is 0 Å². The number of rotatable bonds is 3. The minimum atomic E-state index is -0.307. The summed E-state index contributed by atoms with van der Waals surface area (Å²) in [6.45, 7) is 1.19. The molecule has 4 rings (SSSR count). The first-order valence-corrected chi connectivity index (χ1v) is 9.77. The molecule has 2 aromatic rings. The summed E-state index contributed by atoms with van der Waals surface area (Å²) in [6, 6.07) is 8.87. The smallest absolute Gasteiger partial charge is 0.254 e. The molecule has 1 aromatic heterocycles. The highest BCUT2D eigenvalue weighted by Gasteiger charge is 2.33. The summed E-state index contributed by atoms with van der Waals surface area (Å²) in [7, 11) is 0. The van der Waals surface area contributed by atoms with Crippen molar-refractivity contribution < 1.29 is 19.2 Å². The van der Waals surface area contributed by atoms with Crippen LogP contribution in [-0.2, 0) is 14.4 Å². The number of aromatic nitrogens is 1. The molecule has 0 aliphatic carbocycles. The van der Waals surface area contributed by atoms with Gasteiger partial charge in [-0.05, 0) is 12.1 Å². The van der Waals surface area contributed by atoms with E-state index in [1.165, 1.54) is 0 Å². The summed E-state index contributed by atoms with van der Waals surface area (Å²) < 4.78 is 0. The van der Waals surface area contributed by atoms with Crippen LogP contribution in [0.1, 0.15) is 23.2 Å². The number of hydrogen-bond donors (Lipinski definition) is 0. The van der Waals surface area contributed by atoms with Crippen LogP contribution < -0.4 is 0 Å². The maximum absolute atomic E-state index is 13.0. The van der Waals surface area contributed by atoms with Gasteiger partial charge in [-0.15, -0.1) is 0 Å². The summed E-state index contributed by atoms with van der Waals surface area (Å²) in [6.07, 6.45) is 0.327. The lowest BCUT2D eigenvalue weighted by Crippen LogP contribution is -2.53. The molecule has 0 unspecified atom stereocenters. The Labute approximate surface area is 172 Å². The van der Waals surface area contributed by atoms with E-state index >= 15 is 0 Å². The number of imide groups is 1. The lowest BCUT2D eigenvalue weighted by Gasteiger charge is -2.35. The van der Waals surface area contributed by atoms with Crippen molar-refractivity contribution >= 4 is 46.1 Å². The summed E-state index contributed by atoms with van der Waals surface area (Å²) >= 11 is 6.08. The van der Waals surface area contributed by atoms with Gasteiger partial charge in [-0.1, -0.05) is 29.8 Å². The predicted octanol–water partition coefficient (Wildman–Crippen LogP) is 1.32. The van der Waals surface area contributed by atoms with Crippen LogP contribution in [0.5, 0.6) is 0 Å². The van der Waals surface area contributed by atoms with Gasteiger partial charge in [-0.25, -0.2) is 4.98 Å². The number of benzene rings is 1. The lowest BCUT2D eigenvalue weighted by molar-refractivity contribution is -0.146. The maximum atomic E-state index is 13.0. The molecule has 0 N–H and O–H groups in total. The first-order chi connectivity index (χ1) is 13.9. The van der Waals surface area contributed by atoms with Gasteiger partial charge in [0.25, 0.3) is 5.91 Å². The molecule has 2 fully saturated rings. The Hall–Kier alpha value is -3.00. The highest BCUT2D eigenvalue weighted by Crippen LogP contribution is 2.23. The van der Waals surface area contributed by atoms with Gasteiger partial charge in [0.15, 0.2) is 0 Å². The van der Waals surface area contributed by atoms with Crippen molar-refractivity contribution in [2.45, 2.75) is 12.8 Å². The molecule has 0 radical (unpaired) electrons. The first-order valence-electron chi connectivity index (χ1n) is 9.39. The van der Waals surface area contributed by atoms with Crippen LogP contribution in [0.25, 0.3) is 10.9 Å². The fourth-order valence-corrected chi connectivity index (χ4v) is 3.88. The number of amides is 4. The largest absolute Gasteiger partial charge is 0.338 e. The van der Waals surface area contributed by atoms with Crippen LogP contribution in [0, 0.1) is 0 Å². The standard InChI is InChI=1S/C20H19ClN4O4/c21-16-11-14(13-3-1-2-4-15(13)22-16)20(29)24-9-7-23(8-10-24)19(28)12-25-17(26)5-6-18(25)27/h1-4,11H,5-10,12H2. The van der Waals surface area contributed by atoms with Crippen molar-refractivity contribution in [1.82, 2.24) is 19.7 Å². The third-order valence-corrected chi connectivity index (χ3v) is 5.48. The van der Waals surface area contributed by atoms with Gasteiger partial charge in [-0.2, -0.15) is 0 Å². The maximum Gasteiger partial charge on any atom is 0.254 e. The fourth-order valence-electron chi connectivity index (χ4n) is 3.68. The molecule has 8 nitrogen and oxygen atoms in total. The van der Waals surface area contributed by atoms with Gasteiger partial charge in [0.1, 0.15) is 11.7 Å². The number of halogens is 1. The molecule has 9 heteroatoms. The van der Waals surface area contributed by atoms with Crippen LogP contribution in [-0.4, -0.2) is 76.0 Å². The molecule has 29 heavy (non-hydrogen) atoms. The van der Waals surface area contributed by atoms with E-state index in [2.05, 4.69) is 4.98 Å². The normalized spacial score (nSPS) is 17.3. The van der Waals surface area contributed by atoms with Gasteiger partial charge in [0.2, 0.25) is 17.7 Å². The van der Waals surface area contributed by atoms with Crippen molar-refractivity contribution in [3.63, 3.8) is 0 Å². The fraction of sp³-hybridized carbons (Fsp3) is 0.350. The molecule has 0 saturated carbocycles. The van der Waals surface area contributed by atoms with Crippen LogP contribution in [0.15, 0.2) is 30.3 Å². The zero-order chi connectivity index (χ0) is 20.5. The molecular weight excluding hydrogens is 396 g/mol. The van der Waals surface area contributed by atoms with Crippen LogP contribution in [0.4, 0.5) is 0 Å². The molecule has 1 aromatic carbocycles. The predicted molar refractivity (Wildman–Crippen MR) is 105 cm³/mol. The number of piperazine rings is 1. The lowest BCUT2D eigenvalue weighted by atomic mass is 10.1. The number of para-hydroxylation sites is 1. The molecule has 0 bridgehead atoms. The molecule has 150 valence electrons. The van der Waals surface area contributed by atoms with Crippen LogP contribution in [0.2, 0.25) is 5.15 Å². The third kappa shape index (κ3) is 3.80. The monoisotopic (exact) mass is 414 g/mol. The molecule has 2 aliphatic heterocycles. The van der Waals surface area contributed by atoms with Gasteiger partial charge < -0.3 is 9.80 Å². The second-order valence-corrected chi connectivity index (χ2v) is 7.44. The van der Waals surface area contributed by atoms with Crippen molar-refractivity contribution in [2.24, 2.45) is 0 Å². The zero-order valence-corrected chi connectivity index (χ0v) is 16.4. The topological polar surface area (TPSA) is 90.9 Å². The van der Waals surface area contributed by atoms with E-state index in [0.717, 1.165) is 10.3 Å². The molecular formula is C20H19ClN4O4. The highest BCUT2D eigenvalue weighted by atomic mass is 35.5. The van der Waals surface area contributed by atoms with Gasteiger partial charge in [0.05, 0.1) is 11.1 Å². The van der Waals surface area contributed by atoms with E-state index in [-0.39, 0.29) is 48.2 Å². The van der Waals surface area contributed by atoms with Gasteiger partial charge in [-0.3, -0.25) is 24.1 Å². The summed E-state index contributed by atoms with van der Waals surface area (Å²) in [5.41, 5.74) is 1.13. The third-order valence-electron chi connectivity index (χ3n) is 5.28. The quantitative estimate of drug-likeness (QED) is 0.558. The van der Waals surface area contributed by atoms with Crippen molar-refractivity contribution in [1.29, 1.82) is 0 Å². The van der Waals surface area contributed by atoms with Crippen molar-refractivity contribution in [3.8, 4) is 0 Å². The molecule has 0 atom stereocenters. The molecule has 2 saturated heterocycles. The summed E-state index contributed by atoms with van der Waals surface area (Å²) in [4.78, 5) is 57.4. The Balaban J connectivity index is 1.42. The minimum absolute atomic E-state index is 0.164. The Kier molecular flexibility index (Phi) is 5.19. The summed E-state index contributed by atoms with van der Waals surface area (Å²) in [5, 5.41) is 0.979. The Morgan fingerprint density at radius 1 is 0.966 bits per heavy atom. The van der Waals surface area contributed by atoms with E-state index in [9.17, 15) is 19.2 Å². The first kappa shape index (κ1) is 19.3. The average molecular weight is 415 g/mol. The molecule has 4 amide bonds. The zero-order valence-electron chi connectivity index (χ0n) is 15.6. The number of likely N-dealkylation sites (tertiary alicyclic amines) is 1.